The molecule has 1 N–H and O–H groups in total. The highest BCUT2D eigenvalue weighted by Gasteiger charge is 2.20. The summed E-state index contributed by atoms with van der Waals surface area (Å²) in [5, 5.41) is 4.81. The van der Waals surface area contributed by atoms with Crippen molar-refractivity contribution >= 4 is 32.4 Å². The molecule has 3 aromatic carbocycles. The van der Waals surface area contributed by atoms with E-state index in [1.807, 2.05) is 61.5 Å². The number of benzene rings is 3. The van der Waals surface area contributed by atoms with Crippen LogP contribution in [0.15, 0.2) is 66.7 Å². The van der Waals surface area contributed by atoms with Crippen molar-refractivity contribution in [2.75, 3.05) is 30.3 Å². The minimum absolute atomic E-state index is 0.272. The zero-order valence-corrected chi connectivity index (χ0v) is 18.0. The number of anilines is 1. The Balaban J connectivity index is 1.56. The van der Waals surface area contributed by atoms with Crippen molar-refractivity contribution in [1.82, 2.24) is 5.32 Å². The summed E-state index contributed by atoms with van der Waals surface area (Å²) < 4.78 is 31.3. The van der Waals surface area contributed by atoms with Crippen molar-refractivity contribution in [3.8, 4) is 5.75 Å². The van der Waals surface area contributed by atoms with Crippen molar-refractivity contribution in [2.24, 2.45) is 0 Å². The van der Waals surface area contributed by atoms with E-state index < -0.39 is 10.0 Å². The van der Waals surface area contributed by atoms with Crippen molar-refractivity contribution in [3.05, 3.63) is 72.3 Å². The van der Waals surface area contributed by atoms with Gasteiger partial charge in [0.05, 0.1) is 18.5 Å². The molecule has 0 bridgehead atoms. The number of rotatable bonds is 9. The van der Waals surface area contributed by atoms with Crippen LogP contribution in [0.2, 0.25) is 0 Å². The Bertz CT molecular complexity index is 1110. The molecule has 0 aliphatic carbocycles. The predicted molar refractivity (Wildman–Crippen MR) is 120 cm³/mol. The maximum absolute atomic E-state index is 12.3. The second-order valence-corrected chi connectivity index (χ2v) is 8.87. The van der Waals surface area contributed by atoms with Crippen molar-refractivity contribution in [1.29, 1.82) is 0 Å². The molecule has 1 amide bonds. The Morgan fingerprint density at radius 2 is 1.70 bits per heavy atom. The SMILES string of the molecule is CCc1ccc(N(CC(=O)NCCOc2cccc3ccccc23)S(C)(=O)=O)cc1. The normalized spacial score (nSPS) is 11.3. The van der Waals surface area contributed by atoms with Gasteiger partial charge in [0, 0.05) is 5.39 Å². The summed E-state index contributed by atoms with van der Waals surface area (Å²) in [4.78, 5) is 12.3. The van der Waals surface area contributed by atoms with E-state index in [2.05, 4.69) is 5.32 Å². The quantitative estimate of drug-likeness (QED) is 0.533. The average molecular weight is 427 g/mol. The summed E-state index contributed by atoms with van der Waals surface area (Å²) in [6.45, 7) is 2.30. The monoisotopic (exact) mass is 426 g/mol. The van der Waals surface area contributed by atoms with Crippen LogP contribution in [0.3, 0.4) is 0 Å². The smallest absolute Gasteiger partial charge is 0.240 e. The molecule has 30 heavy (non-hydrogen) atoms. The number of hydrogen-bond donors (Lipinski definition) is 1. The summed E-state index contributed by atoms with van der Waals surface area (Å²) in [5.74, 6) is 0.359. The van der Waals surface area contributed by atoms with E-state index in [9.17, 15) is 13.2 Å². The second-order valence-electron chi connectivity index (χ2n) is 6.97. The summed E-state index contributed by atoms with van der Waals surface area (Å²) in [5.41, 5.74) is 1.57. The van der Waals surface area contributed by atoms with Gasteiger partial charge in [0.1, 0.15) is 18.9 Å². The molecule has 0 radical (unpaired) electrons. The Morgan fingerprint density at radius 1 is 1.00 bits per heavy atom. The fraction of sp³-hybridized carbons (Fsp3) is 0.261. The molecule has 3 aromatic rings. The predicted octanol–water partition coefficient (Wildman–Crippen LogP) is 3.36. The molecule has 0 aliphatic heterocycles. The highest BCUT2D eigenvalue weighted by Crippen LogP contribution is 2.25. The number of aryl methyl sites for hydroxylation is 1. The number of carbonyl (C=O) groups is 1. The number of carbonyl (C=O) groups excluding carboxylic acids is 1. The van der Waals surface area contributed by atoms with Gasteiger partial charge in [-0.05, 0) is 35.6 Å². The van der Waals surface area contributed by atoms with E-state index in [-0.39, 0.29) is 25.6 Å². The van der Waals surface area contributed by atoms with Gasteiger partial charge in [-0.1, -0.05) is 55.5 Å². The summed E-state index contributed by atoms with van der Waals surface area (Å²) >= 11 is 0. The molecule has 3 rings (SSSR count). The zero-order chi connectivity index (χ0) is 21.6. The first kappa shape index (κ1) is 21.6. The molecule has 0 atom stereocenters. The van der Waals surface area contributed by atoms with Crippen molar-refractivity contribution in [3.63, 3.8) is 0 Å². The third-order valence-corrected chi connectivity index (χ3v) is 5.89. The first-order valence-electron chi connectivity index (χ1n) is 9.82. The van der Waals surface area contributed by atoms with E-state index in [0.717, 1.165) is 39.1 Å². The minimum atomic E-state index is -3.59. The maximum Gasteiger partial charge on any atom is 0.240 e. The lowest BCUT2D eigenvalue weighted by Crippen LogP contribution is -2.41. The molecular formula is C23H26N2O4S. The molecule has 158 valence electrons. The number of nitrogens with zero attached hydrogens (tertiary/aromatic N) is 1. The van der Waals surface area contributed by atoms with Gasteiger partial charge in [0.15, 0.2) is 0 Å². The summed E-state index contributed by atoms with van der Waals surface area (Å²) in [7, 11) is -3.59. The van der Waals surface area contributed by atoms with Gasteiger partial charge >= 0.3 is 0 Å². The first-order valence-corrected chi connectivity index (χ1v) is 11.7. The van der Waals surface area contributed by atoms with Crippen LogP contribution in [0.1, 0.15) is 12.5 Å². The Kier molecular flexibility index (Phi) is 6.95. The summed E-state index contributed by atoms with van der Waals surface area (Å²) in [6.07, 6.45) is 1.95. The molecular weight excluding hydrogens is 400 g/mol. The number of ether oxygens (including phenoxy) is 1. The molecule has 0 saturated heterocycles. The number of amides is 1. The molecule has 0 aromatic heterocycles. The molecule has 7 heteroatoms. The van der Waals surface area contributed by atoms with Gasteiger partial charge in [-0.15, -0.1) is 0 Å². The van der Waals surface area contributed by atoms with E-state index >= 15 is 0 Å². The van der Waals surface area contributed by atoms with Crippen LogP contribution >= 0.6 is 0 Å². The van der Waals surface area contributed by atoms with Crippen LogP contribution in [0.5, 0.6) is 5.75 Å². The van der Waals surface area contributed by atoms with Crippen LogP contribution in [-0.2, 0) is 21.2 Å². The van der Waals surface area contributed by atoms with Crippen molar-refractivity contribution < 1.29 is 17.9 Å². The van der Waals surface area contributed by atoms with Crippen LogP contribution in [0.25, 0.3) is 10.8 Å². The van der Waals surface area contributed by atoms with Gasteiger partial charge in [-0.2, -0.15) is 0 Å². The highest BCUT2D eigenvalue weighted by molar-refractivity contribution is 7.92. The minimum Gasteiger partial charge on any atom is -0.491 e. The lowest BCUT2D eigenvalue weighted by Gasteiger charge is -2.22. The average Bonchev–Trinajstić information content (AvgIpc) is 2.74. The lowest BCUT2D eigenvalue weighted by molar-refractivity contribution is -0.119. The Hall–Kier alpha value is -3.06. The maximum atomic E-state index is 12.3. The zero-order valence-electron chi connectivity index (χ0n) is 17.2. The fourth-order valence-corrected chi connectivity index (χ4v) is 4.01. The standard InChI is InChI=1S/C23H26N2O4S/c1-3-18-11-13-20(14-12-18)25(30(2,27)28)17-23(26)24-15-16-29-22-10-6-8-19-7-4-5-9-21(19)22/h4-14H,3,15-17H2,1-2H3,(H,24,26). The number of nitrogens with one attached hydrogen (secondary N) is 1. The van der Waals surface area contributed by atoms with Crippen LogP contribution in [-0.4, -0.2) is 40.3 Å². The van der Waals surface area contributed by atoms with E-state index in [4.69, 9.17) is 4.74 Å². The third kappa shape index (κ3) is 5.51. The largest absolute Gasteiger partial charge is 0.491 e. The number of hydrogen-bond acceptors (Lipinski definition) is 4. The lowest BCUT2D eigenvalue weighted by atomic mass is 10.1. The Morgan fingerprint density at radius 3 is 2.40 bits per heavy atom. The van der Waals surface area contributed by atoms with Crippen LogP contribution in [0.4, 0.5) is 5.69 Å². The fourth-order valence-electron chi connectivity index (χ4n) is 3.16. The third-order valence-electron chi connectivity index (χ3n) is 4.75. The van der Waals surface area contributed by atoms with E-state index in [1.54, 1.807) is 12.1 Å². The molecule has 0 saturated carbocycles. The van der Waals surface area contributed by atoms with Crippen LogP contribution < -0.4 is 14.4 Å². The number of fused-ring (bicyclic) bond motifs is 1. The molecule has 0 heterocycles. The van der Waals surface area contributed by atoms with E-state index in [0.29, 0.717) is 5.69 Å². The first-order chi connectivity index (χ1) is 14.4. The highest BCUT2D eigenvalue weighted by atomic mass is 32.2. The van der Waals surface area contributed by atoms with Gasteiger partial charge in [-0.25, -0.2) is 8.42 Å². The summed E-state index contributed by atoms with van der Waals surface area (Å²) in [6, 6.07) is 20.9. The van der Waals surface area contributed by atoms with Gasteiger partial charge < -0.3 is 10.1 Å². The second kappa shape index (κ2) is 9.63. The van der Waals surface area contributed by atoms with E-state index in [1.165, 1.54) is 0 Å². The van der Waals surface area contributed by atoms with Crippen molar-refractivity contribution in [2.45, 2.75) is 13.3 Å². The van der Waals surface area contributed by atoms with Crippen LogP contribution in [0, 0.1) is 0 Å². The molecule has 0 aliphatic rings. The molecule has 0 unspecified atom stereocenters. The Labute approximate surface area is 177 Å². The number of sulfonamides is 1. The van der Waals surface area contributed by atoms with Gasteiger partial charge in [-0.3, -0.25) is 9.10 Å². The topological polar surface area (TPSA) is 75.7 Å². The molecule has 0 fully saturated rings. The van der Waals surface area contributed by atoms with Gasteiger partial charge in [0.25, 0.3) is 0 Å². The molecule has 0 spiro atoms. The van der Waals surface area contributed by atoms with Gasteiger partial charge in [0.2, 0.25) is 15.9 Å². The molecule has 6 nitrogen and oxygen atoms in total.